The first kappa shape index (κ1) is 13.0. The van der Waals surface area contributed by atoms with Crippen LogP contribution in [0.4, 0.5) is 0 Å². The van der Waals surface area contributed by atoms with E-state index in [2.05, 4.69) is 25.1 Å². The molecule has 5 heteroatoms. The molecule has 0 aromatic carbocycles. The van der Waals surface area contributed by atoms with E-state index in [9.17, 15) is 0 Å². The van der Waals surface area contributed by atoms with E-state index in [1.165, 1.54) is 70.9 Å². The maximum absolute atomic E-state index is 4.28. The Labute approximate surface area is 115 Å². The van der Waals surface area contributed by atoms with Gasteiger partial charge >= 0.3 is 0 Å². The largest absolute Gasteiger partial charge is 0.296 e. The molecule has 1 aromatic heterocycles. The molecule has 1 saturated carbocycles. The van der Waals surface area contributed by atoms with Gasteiger partial charge in [-0.2, -0.15) is 0 Å². The SMILES string of the molecule is C1CCC(n2nnnc2CN2CCCCCC2)CC1. The van der Waals surface area contributed by atoms with Crippen LogP contribution < -0.4 is 0 Å². The lowest BCUT2D eigenvalue weighted by molar-refractivity contribution is 0.249. The lowest BCUT2D eigenvalue weighted by atomic mass is 9.95. The molecule has 2 aliphatic rings. The van der Waals surface area contributed by atoms with Crippen molar-refractivity contribution in [2.45, 2.75) is 70.4 Å². The summed E-state index contributed by atoms with van der Waals surface area (Å²) >= 11 is 0. The predicted octanol–water partition coefficient (Wildman–Crippen LogP) is 2.55. The Balaban J connectivity index is 1.65. The molecule has 5 nitrogen and oxygen atoms in total. The summed E-state index contributed by atoms with van der Waals surface area (Å²) in [7, 11) is 0. The van der Waals surface area contributed by atoms with Crippen LogP contribution in [-0.2, 0) is 6.54 Å². The molecule has 0 spiro atoms. The van der Waals surface area contributed by atoms with Crippen LogP contribution in [0.1, 0.15) is 69.7 Å². The minimum atomic E-state index is 0.547. The highest BCUT2D eigenvalue weighted by Crippen LogP contribution is 2.28. The first-order valence-corrected chi connectivity index (χ1v) is 7.92. The van der Waals surface area contributed by atoms with Gasteiger partial charge in [-0.15, -0.1) is 5.10 Å². The van der Waals surface area contributed by atoms with Gasteiger partial charge < -0.3 is 0 Å². The zero-order chi connectivity index (χ0) is 12.9. The molecule has 3 rings (SSSR count). The number of hydrogen-bond acceptors (Lipinski definition) is 4. The number of likely N-dealkylation sites (tertiary alicyclic amines) is 1. The van der Waals surface area contributed by atoms with E-state index in [0.29, 0.717) is 6.04 Å². The van der Waals surface area contributed by atoms with Gasteiger partial charge in [0.15, 0.2) is 5.82 Å². The Morgan fingerprint density at radius 1 is 0.895 bits per heavy atom. The van der Waals surface area contributed by atoms with Gasteiger partial charge in [0.25, 0.3) is 0 Å². The molecule has 2 fully saturated rings. The van der Waals surface area contributed by atoms with E-state index >= 15 is 0 Å². The van der Waals surface area contributed by atoms with Gasteiger partial charge in [-0.1, -0.05) is 32.1 Å². The highest BCUT2D eigenvalue weighted by Gasteiger charge is 2.21. The van der Waals surface area contributed by atoms with Gasteiger partial charge in [0.1, 0.15) is 0 Å². The van der Waals surface area contributed by atoms with Crippen LogP contribution in [-0.4, -0.2) is 38.2 Å². The first-order chi connectivity index (χ1) is 9.43. The van der Waals surface area contributed by atoms with Gasteiger partial charge in [0, 0.05) is 0 Å². The van der Waals surface area contributed by atoms with Crippen LogP contribution in [0, 0.1) is 0 Å². The van der Waals surface area contributed by atoms with Gasteiger partial charge in [-0.05, 0) is 49.2 Å². The highest BCUT2D eigenvalue weighted by molar-refractivity contribution is 4.86. The summed E-state index contributed by atoms with van der Waals surface area (Å²) in [6, 6.07) is 0.547. The molecule has 0 radical (unpaired) electrons. The van der Waals surface area contributed by atoms with Crippen LogP contribution in [0.15, 0.2) is 0 Å². The average molecular weight is 263 g/mol. The quantitative estimate of drug-likeness (QED) is 0.841. The molecule has 1 aliphatic carbocycles. The zero-order valence-corrected chi connectivity index (χ0v) is 11.8. The molecule has 0 unspecified atom stereocenters. The van der Waals surface area contributed by atoms with Gasteiger partial charge in [-0.3, -0.25) is 4.90 Å². The van der Waals surface area contributed by atoms with Crippen LogP contribution in [0.5, 0.6) is 0 Å². The maximum Gasteiger partial charge on any atom is 0.165 e. The molecule has 0 amide bonds. The van der Waals surface area contributed by atoms with Crippen molar-refractivity contribution >= 4 is 0 Å². The fourth-order valence-electron chi connectivity index (χ4n) is 3.42. The summed E-state index contributed by atoms with van der Waals surface area (Å²) in [6.07, 6.45) is 11.9. The molecule has 0 N–H and O–H groups in total. The second-order valence-electron chi connectivity index (χ2n) is 6.02. The molecule has 19 heavy (non-hydrogen) atoms. The maximum atomic E-state index is 4.28. The molecule has 0 atom stereocenters. The van der Waals surface area contributed by atoms with Crippen molar-refractivity contribution in [3.05, 3.63) is 5.82 Å². The van der Waals surface area contributed by atoms with E-state index in [0.717, 1.165) is 12.4 Å². The van der Waals surface area contributed by atoms with E-state index in [1.807, 2.05) is 0 Å². The number of nitrogens with zero attached hydrogens (tertiary/aromatic N) is 5. The second kappa shape index (κ2) is 6.46. The third kappa shape index (κ3) is 3.32. The van der Waals surface area contributed by atoms with E-state index in [-0.39, 0.29) is 0 Å². The number of rotatable bonds is 3. The lowest BCUT2D eigenvalue weighted by Gasteiger charge is -2.24. The first-order valence-electron chi connectivity index (χ1n) is 7.92. The summed E-state index contributed by atoms with van der Waals surface area (Å²) in [5, 5.41) is 12.5. The minimum absolute atomic E-state index is 0.547. The Morgan fingerprint density at radius 2 is 1.58 bits per heavy atom. The monoisotopic (exact) mass is 263 g/mol. The van der Waals surface area contributed by atoms with E-state index in [1.54, 1.807) is 0 Å². The summed E-state index contributed by atoms with van der Waals surface area (Å²) in [4.78, 5) is 2.53. The van der Waals surface area contributed by atoms with Gasteiger partial charge in [0.2, 0.25) is 0 Å². The van der Waals surface area contributed by atoms with Crippen molar-refractivity contribution in [2.24, 2.45) is 0 Å². The Kier molecular flexibility index (Phi) is 4.43. The third-order valence-corrected chi connectivity index (χ3v) is 4.55. The predicted molar refractivity (Wildman–Crippen MR) is 73.7 cm³/mol. The fourth-order valence-corrected chi connectivity index (χ4v) is 3.42. The molecular weight excluding hydrogens is 238 g/mol. The van der Waals surface area contributed by atoms with Crippen molar-refractivity contribution in [1.29, 1.82) is 0 Å². The average Bonchev–Trinajstić information content (AvgIpc) is 2.75. The Morgan fingerprint density at radius 3 is 2.32 bits per heavy atom. The lowest BCUT2D eigenvalue weighted by Crippen LogP contribution is -2.27. The van der Waals surface area contributed by atoms with Crippen molar-refractivity contribution in [2.75, 3.05) is 13.1 Å². The third-order valence-electron chi connectivity index (χ3n) is 4.55. The molecule has 106 valence electrons. The Hall–Kier alpha value is -0.970. The van der Waals surface area contributed by atoms with Crippen LogP contribution in [0.3, 0.4) is 0 Å². The van der Waals surface area contributed by atoms with Gasteiger partial charge in [0.05, 0.1) is 12.6 Å². The Bertz CT molecular complexity index is 375. The number of hydrogen-bond donors (Lipinski definition) is 0. The summed E-state index contributed by atoms with van der Waals surface area (Å²) in [6.45, 7) is 3.35. The standard InChI is InChI=1S/C14H25N5/c1-2-7-11-18(10-6-1)12-14-15-16-17-19(14)13-8-4-3-5-9-13/h13H,1-12H2. The minimum Gasteiger partial charge on any atom is -0.296 e. The number of tetrazole rings is 1. The van der Waals surface area contributed by atoms with Crippen molar-refractivity contribution < 1.29 is 0 Å². The summed E-state index contributed by atoms with van der Waals surface area (Å²) in [5.74, 6) is 1.08. The topological polar surface area (TPSA) is 46.8 Å². The molecule has 0 bridgehead atoms. The second-order valence-corrected chi connectivity index (χ2v) is 6.02. The highest BCUT2D eigenvalue weighted by atomic mass is 15.6. The molecule has 1 aliphatic heterocycles. The number of aromatic nitrogens is 4. The van der Waals surface area contributed by atoms with Crippen LogP contribution in [0.2, 0.25) is 0 Å². The van der Waals surface area contributed by atoms with Crippen molar-refractivity contribution in [3.63, 3.8) is 0 Å². The molecule has 1 aromatic rings. The fraction of sp³-hybridized carbons (Fsp3) is 0.929. The summed E-state index contributed by atoms with van der Waals surface area (Å²) < 4.78 is 2.12. The zero-order valence-electron chi connectivity index (χ0n) is 11.8. The van der Waals surface area contributed by atoms with Crippen molar-refractivity contribution in [3.8, 4) is 0 Å². The van der Waals surface area contributed by atoms with Crippen molar-refractivity contribution in [1.82, 2.24) is 25.1 Å². The smallest absolute Gasteiger partial charge is 0.165 e. The summed E-state index contributed by atoms with van der Waals surface area (Å²) in [5.41, 5.74) is 0. The molecular formula is C14H25N5. The van der Waals surface area contributed by atoms with E-state index in [4.69, 9.17) is 0 Å². The van der Waals surface area contributed by atoms with Crippen LogP contribution in [0.25, 0.3) is 0 Å². The normalized spacial score (nSPS) is 23.4. The molecule has 1 saturated heterocycles. The van der Waals surface area contributed by atoms with Crippen LogP contribution >= 0.6 is 0 Å². The van der Waals surface area contributed by atoms with E-state index < -0.39 is 0 Å². The molecule has 2 heterocycles. The van der Waals surface area contributed by atoms with Gasteiger partial charge in [-0.25, -0.2) is 4.68 Å².